The number of sulfonamides is 1. The van der Waals surface area contributed by atoms with E-state index in [-0.39, 0.29) is 17.6 Å². The minimum Gasteiger partial charge on any atom is -0.355 e. The first-order valence-corrected chi connectivity index (χ1v) is 13.7. The third kappa shape index (κ3) is 7.39. The van der Waals surface area contributed by atoms with Crippen LogP contribution in [0.2, 0.25) is 10.0 Å². The van der Waals surface area contributed by atoms with Gasteiger partial charge in [-0.05, 0) is 42.2 Å². The van der Waals surface area contributed by atoms with Crippen molar-refractivity contribution in [2.45, 2.75) is 24.3 Å². The van der Waals surface area contributed by atoms with Crippen molar-refractivity contribution in [3.63, 3.8) is 0 Å². The minimum absolute atomic E-state index is 0.00949. The summed E-state index contributed by atoms with van der Waals surface area (Å²) in [5.41, 5.74) is 1.80. The molecule has 0 bridgehead atoms. The van der Waals surface area contributed by atoms with E-state index in [1.165, 1.54) is 9.87 Å². The Labute approximate surface area is 198 Å². The Morgan fingerprint density at radius 1 is 1.06 bits per heavy atom. The predicted octanol–water partition coefficient (Wildman–Crippen LogP) is 4.58. The maximum atomic E-state index is 12.7. The molecule has 1 amide bonds. The van der Waals surface area contributed by atoms with Crippen molar-refractivity contribution < 1.29 is 13.2 Å². The van der Waals surface area contributed by atoms with Crippen molar-refractivity contribution in [2.75, 3.05) is 25.4 Å². The molecule has 0 atom stereocenters. The Kier molecular flexibility index (Phi) is 9.10. The maximum absolute atomic E-state index is 12.7. The smallest absolute Gasteiger partial charge is 0.223 e. The molecule has 5 nitrogen and oxygen atoms in total. The number of thioether (sulfide) groups is 1. The molecular weight excluding hydrogens is 475 g/mol. The number of rotatable bonds is 9. The van der Waals surface area contributed by atoms with E-state index in [1.54, 1.807) is 36.0 Å². The molecule has 0 saturated carbocycles. The van der Waals surface area contributed by atoms with Crippen molar-refractivity contribution >= 4 is 50.9 Å². The SMILES string of the molecule is O=C(NCCSCc1ccc(Cl)cc1)C1CCN(S(=O)(=O)Cc2ccccc2Cl)CC1. The molecule has 168 valence electrons. The molecule has 0 radical (unpaired) electrons. The lowest BCUT2D eigenvalue weighted by atomic mass is 9.97. The summed E-state index contributed by atoms with van der Waals surface area (Å²) in [6.45, 7) is 1.31. The molecule has 1 fully saturated rings. The minimum atomic E-state index is -3.46. The van der Waals surface area contributed by atoms with Gasteiger partial charge in [0.15, 0.2) is 0 Å². The Balaban J connectivity index is 1.37. The number of carbonyl (C=O) groups excluding carboxylic acids is 1. The second-order valence-corrected chi connectivity index (χ2v) is 11.4. The van der Waals surface area contributed by atoms with Crippen molar-refractivity contribution in [1.82, 2.24) is 9.62 Å². The highest BCUT2D eigenvalue weighted by molar-refractivity contribution is 7.98. The summed E-state index contributed by atoms with van der Waals surface area (Å²) in [6, 6.07) is 14.7. The Hall–Kier alpha value is -1.25. The van der Waals surface area contributed by atoms with Crippen LogP contribution >= 0.6 is 35.0 Å². The monoisotopic (exact) mass is 500 g/mol. The van der Waals surface area contributed by atoms with Crippen LogP contribution in [-0.4, -0.2) is 44.0 Å². The number of hydrogen-bond donors (Lipinski definition) is 1. The van der Waals surface area contributed by atoms with E-state index in [0.717, 1.165) is 16.5 Å². The van der Waals surface area contributed by atoms with Gasteiger partial charge in [-0.2, -0.15) is 11.8 Å². The summed E-state index contributed by atoms with van der Waals surface area (Å²) in [7, 11) is -3.46. The van der Waals surface area contributed by atoms with Crippen LogP contribution in [0.1, 0.15) is 24.0 Å². The number of hydrogen-bond acceptors (Lipinski definition) is 4. The zero-order valence-electron chi connectivity index (χ0n) is 17.1. The van der Waals surface area contributed by atoms with Gasteiger partial charge in [-0.25, -0.2) is 12.7 Å². The van der Waals surface area contributed by atoms with Crippen LogP contribution in [0.4, 0.5) is 0 Å². The van der Waals surface area contributed by atoms with Crippen molar-refractivity contribution in [2.24, 2.45) is 5.92 Å². The van der Waals surface area contributed by atoms with Crippen LogP contribution in [0.5, 0.6) is 0 Å². The molecule has 1 N–H and O–H groups in total. The van der Waals surface area contributed by atoms with E-state index in [4.69, 9.17) is 23.2 Å². The molecule has 0 unspecified atom stereocenters. The molecule has 0 spiro atoms. The molecule has 0 aromatic heterocycles. The van der Waals surface area contributed by atoms with Gasteiger partial charge in [0.25, 0.3) is 0 Å². The van der Waals surface area contributed by atoms with E-state index in [0.29, 0.717) is 43.1 Å². The van der Waals surface area contributed by atoms with Gasteiger partial charge in [0.2, 0.25) is 15.9 Å². The van der Waals surface area contributed by atoms with Gasteiger partial charge in [-0.1, -0.05) is 53.5 Å². The molecule has 1 aliphatic rings. The molecule has 1 aliphatic heterocycles. The fraction of sp³-hybridized carbons (Fsp3) is 0.409. The number of amides is 1. The fourth-order valence-electron chi connectivity index (χ4n) is 3.46. The van der Waals surface area contributed by atoms with E-state index >= 15 is 0 Å². The zero-order chi connectivity index (χ0) is 22.3. The molecule has 1 heterocycles. The largest absolute Gasteiger partial charge is 0.355 e. The average molecular weight is 502 g/mol. The summed E-state index contributed by atoms with van der Waals surface area (Å²) in [4.78, 5) is 12.4. The summed E-state index contributed by atoms with van der Waals surface area (Å²) in [5.74, 6) is 1.44. The van der Waals surface area contributed by atoms with Crippen molar-refractivity contribution in [1.29, 1.82) is 0 Å². The van der Waals surface area contributed by atoms with Gasteiger partial charge in [-0.3, -0.25) is 4.79 Å². The first-order chi connectivity index (χ1) is 14.8. The highest BCUT2D eigenvalue weighted by Crippen LogP contribution is 2.24. The predicted molar refractivity (Wildman–Crippen MR) is 129 cm³/mol. The Morgan fingerprint density at radius 3 is 2.42 bits per heavy atom. The van der Waals surface area contributed by atoms with Gasteiger partial charge in [-0.15, -0.1) is 0 Å². The Bertz CT molecular complexity index is 977. The highest BCUT2D eigenvalue weighted by Gasteiger charge is 2.31. The van der Waals surface area contributed by atoms with Crippen LogP contribution in [0.3, 0.4) is 0 Å². The molecule has 1 saturated heterocycles. The quantitative estimate of drug-likeness (QED) is 0.511. The number of carbonyl (C=O) groups is 1. The molecule has 31 heavy (non-hydrogen) atoms. The lowest BCUT2D eigenvalue weighted by Crippen LogP contribution is -2.43. The molecule has 0 aliphatic carbocycles. The van der Waals surface area contributed by atoms with Crippen LogP contribution in [0.25, 0.3) is 0 Å². The van der Waals surface area contributed by atoms with Crippen LogP contribution in [0.15, 0.2) is 48.5 Å². The first-order valence-electron chi connectivity index (χ1n) is 10.2. The average Bonchev–Trinajstić information content (AvgIpc) is 2.76. The molecule has 3 rings (SSSR count). The molecule has 2 aromatic rings. The highest BCUT2D eigenvalue weighted by atomic mass is 35.5. The maximum Gasteiger partial charge on any atom is 0.223 e. The van der Waals surface area contributed by atoms with Gasteiger partial charge >= 0.3 is 0 Å². The number of nitrogens with zero attached hydrogens (tertiary/aromatic N) is 1. The Morgan fingerprint density at radius 2 is 1.74 bits per heavy atom. The number of piperidine rings is 1. The van der Waals surface area contributed by atoms with Gasteiger partial charge in [0.1, 0.15) is 0 Å². The van der Waals surface area contributed by atoms with Crippen molar-refractivity contribution in [3.05, 3.63) is 69.7 Å². The number of halogens is 2. The van der Waals surface area contributed by atoms with Crippen LogP contribution in [-0.2, 0) is 26.3 Å². The third-order valence-corrected chi connectivity index (χ3v) is 8.72. The fourth-order valence-corrected chi connectivity index (χ4v) is 6.28. The standard InChI is InChI=1S/C22H26Cl2N2O3S2/c23-20-7-5-17(6-8-20)15-30-14-11-25-22(27)18-9-12-26(13-10-18)31(28,29)16-19-3-1-2-4-21(19)24/h1-8,18H,9-16H2,(H,25,27). The third-order valence-electron chi connectivity index (χ3n) is 5.24. The lowest BCUT2D eigenvalue weighted by molar-refractivity contribution is -0.125. The molecule has 9 heteroatoms. The van der Waals surface area contributed by atoms with Crippen LogP contribution < -0.4 is 5.32 Å². The summed E-state index contributed by atoms with van der Waals surface area (Å²) >= 11 is 13.7. The topological polar surface area (TPSA) is 66.5 Å². The summed E-state index contributed by atoms with van der Waals surface area (Å²) in [5, 5.41) is 4.16. The number of benzene rings is 2. The second-order valence-electron chi connectivity index (χ2n) is 7.49. The van der Waals surface area contributed by atoms with E-state index < -0.39 is 10.0 Å². The normalized spacial score (nSPS) is 15.7. The van der Waals surface area contributed by atoms with E-state index in [2.05, 4.69) is 5.32 Å². The van der Waals surface area contributed by atoms with Gasteiger partial charge < -0.3 is 5.32 Å². The van der Waals surface area contributed by atoms with Crippen molar-refractivity contribution in [3.8, 4) is 0 Å². The first kappa shape index (κ1) is 24.4. The van der Waals surface area contributed by atoms with Crippen LogP contribution in [0, 0.1) is 5.92 Å². The number of nitrogens with one attached hydrogen (secondary N) is 1. The lowest BCUT2D eigenvalue weighted by Gasteiger charge is -2.30. The van der Waals surface area contributed by atoms with E-state index in [9.17, 15) is 13.2 Å². The van der Waals surface area contributed by atoms with Gasteiger partial charge in [0, 0.05) is 47.1 Å². The summed E-state index contributed by atoms with van der Waals surface area (Å²) in [6.07, 6.45) is 1.07. The van der Waals surface area contributed by atoms with Gasteiger partial charge in [0.05, 0.1) is 5.75 Å². The zero-order valence-corrected chi connectivity index (χ0v) is 20.2. The second kappa shape index (κ2) is 11.6. The van der Waals surface area contributed by atoms with E-state index in [1.807, 2.05) is 24.3 Å². The molecule has 2 aromatic carbocycles. The summed E-state index contributed by atoms with van der Waals surface area (Å²) < 4.78 is 26.9. The molecular formula is C22H26Cl2N2O3S2.